The molecular weight excluding hydrogens is 312 g/mol. The zero-order valence-electron chi connectivity index (χ0n) is 15.3. The van der Waals surface area contributed by atoms with E-state index in [-0.39, 0.29) is 5.91 Å². The molecule has 4 nitrogen and oxygen atoms in total. The van der Waals surface area contributed by atoms with E-state index >= 15 is 0 Å². The van der Waals surface area contributed by atoms with Crippen LogP contribution in [0.25, 0.3) is 0 Å². The number of amides is 1. The average molecular weight is 338 g/mol. The Kier molecular flexibility index (Phi) is 5.27. The summed E-state index contributed by atoms with van der Waals surface area (Å²) in [6.45, 7) is 7.36. The number of piperazine rings is 1. The SMILES string of the molecule is COc1ccccc1N1CCN(C(=O)Cc2ccc(C)c(C)c2)CC1. The van der Waals surface area contributed by atoms with Gasteiger partial charge in [0.05, 0.1) is 19.2 Å². The van der Waals surface area contributed by atoms with Crippen LogP contribution in [0.15, 0.2) is 42.5 Å². The highest BCUT2D eigenvalue weighted by atomic mass is 16.5. The molecule has 1 fully saturated rings. The van der Waals surface area contributed by atoms with Gasteiger partial charge in [0.15, 0.2) is 0 Å². The summed E-state index contributed by atoms with van der Waals surface area (Å²) in [6, 6.07) is 14.3. The first-order valence-electron chi connectivity index (χ1n) is 8.80. The Morgan fingerprint density at radius 3 is 2.40 bits per heavy atom. The molecule has 4 heteroatoms. The summed E-state index contributed by atoms with van der Waals surface area (Å²) in [5, 5.41) is 0. The largest absolute Gasteiger partial charge is 0.495 e. The van der Waals surface area contributed by atoms with Gasteiger partial charge in [-0.25, -0.2) is 0 Å². The molecule has 1 aliphatic heterocycles. The third kappa shape index (κ3) is 3.95. The molecular formula is C21H26N2O2. The number of carbonyl (C=O) groups is 1. The second kappa shape index (κ2) is 7.60. The maximum absolute atomic E-state index is 12.6. The van der Waals surface area contributed by atoms with Crippen LogP contribution in [0.1, 0.15) is 16.7 Å². The molecule has 0 atom stereocenters. The van der Waals surface area contributed by atoms with Crippen molar-refractivity contribution < 1.29 is 9.53 Å². The number of ether oxygens (including phenoxy) is 1. The van der Waals surface area contributed by atoms with Gasteiger partial charge in [-0.15, -0.1) is 0 Å². The molecule has 0 N–H and O–H groups in total. The van der Waals surface area contributed by atoms with Crippen molar-refractivity contribution in [3.63, 3.8) is 0 Å². The summed E-state index contributed by atoms with van der Waals surface area (Å²) in [6.07, 6.45) is 0.482. The quantitative estimate of drug-likeness (QED) is 0.858. The maximum atomic E-state index is 12.6. The van der Waals surface area contributed by atoms with Crippen LogP contribution in [0.5, 0.6) is 5.75 Å². The Bertz CT molecular complexity index is 749. The summed E-state index contributed by atoms with van der Waals surface area (Å²) in [4.78, 5) is 16.9. The second-order valence-electron chi connectivity index (χ2n) is 6.64. The lowest BCUT2D eigenvalue weighted by Gasteiger charge is -2.36. The Morgan fingerprint density at radius 1 is 1.00 bits per heavy atom. The van der Waals surface area contributed by atoms with Crippen LogP contribution in [-0.2, 0) is 11.2 Å². The Morgan fingerprint density at radius 2 is 1.72 bits per heavy atom. The van der Waals surface area contributed by atoms with E-state index in [1.165, 1.54) is 11.1 Å². The smallest absolute Gasteiger partial charge is 0.227 e. The van der Waals surface area contributed by atoms with Crippen LogP contribution in [0.2, 0.25) is 0 Å². The minimum absolute atomic E-state index is 0.211. The van der Waals surface area contributed by atoms with Crippen LogP contribution in [-0.4, -0.2) is 44.1 Å². The number of anilines is 1. The molecule has 3 rings (SSSR count). The van der Waals surface area contributed by atoms with Crippen LogP contribution < -0.4 is 9.64 Å². The number of hydrogen-bond donors (Lipinski definition) is 0. The topological polar surface area (TPSA) is 32.8 Å². The number of aryl methyl sites for hydroxylation is 2. The van der Waals surface area contributed by atoms with Crippen molar-refractivity contribution in [1.82, 2.24) is 4.90 Å². The molecule has 1 saturated heterocycles. The van der Waals surface area contributed by atoms with Gasteiger partial charge in [-0.2, -0.15) is 0 Å². The predicted molar refractivity (Wildman–Crippen MR) is 101 cm³/mol. The normalized spacial score (nSPS) is 14.5. The molecule has 2 aromatic rings. The standard InChI is InChI=1S/C21H26N2O2/c1-16-8-9-18(14-17(16)2)15-21(24)23-12-10-22(11-13-23)19-6-4-5-7-20(19)25-3/h4-9,14H,10-13,15H2,1-3H3. The molecule has 0 aromatic heterocycles. The van der Waals surface area contributed by atoms with Crippen molar-refractivity contribution in [2.75, 3.05) is 38.2 Å². The fraction of sp³-hybridized carbons (Fsp3) is 0.381. The van der Waals surface area contributed by atoms with Crippen molar-refractivity contribution in [1.29, 1.82) is 0 Å². The first-order valence-corrected chi connectivity index (χ1v) is 8.80. The highest BCUT2D eigenvalue weighted by molar-refractivity contribution is 5.79. The highest BCUT2D eigenvalue weighted by Gasteiger charge is 2.22. The van der Waals surface area contributed by atoms with Crippen molar-refractivity contribution in [2.45, 2.75) is 20.3 Å². The molecule has 0 bridgehead atoms. The lowest BCUT2D eigenvalue weighted by molar-refractivity contribution is -0.130. The number of hydrogen-bond acceptors (Lipinski definition) is 3. The predicted octanol–water partition coefficient (Wildman–Crippen LogP) is 3.20. The fourth-order valence-corrected chi connectivity index (χ4v) is 3.29. The van der Waals surface area contributed by atoms with Crippen LogP contribution in [0.3, 0.4) is 0 Å². The molecule has 25 heavy (non-hydrogen) atoms. The highest BCUT2D eigenvalue weighted by Crippen LogP contribution is 2.28. The van der Waals surface area contributed by atoms with Gasteiger partial charge in [-0.1, -0.05) is 30.3 Å². The maximum Gasteiger partial charge on any atom is 0.227 e. The number of nitrogens with zero attached hydrogens (tertiary/aromatic N) is 2. The molecule has 1 heterocycles. The molecule has 0 aliphatic carbocycles. The lowest BCUT2D eigenvalue weighted by Crippen LogP contribution is -2.49. The summed E-state index contributed by atoms with van der Waals surface area (Å²) in [5.74, 6) is 1.10. The monoisotopic (exact) mass is 338 g/mol. The molecule has 0 unspecified atom stereocenters. The van der Waals surface area contributed by atoms with E-state index in [1.807, 2.05) is 23.1 Å². The van der Waals surface area contributed by atoms with Crippen LogP contribution in [0, 0.1) is 13.8 Å². The zero-order chi connectivity index (χ0) is 17.8. The third-order valence-electron chi connectivity index (χ3n) is 4.98. The molecule has 0 saturated carbocycles. The van der Waals surface area contributed by atoms with E-state index in [0.717, 1.165) is 43.2 Å². The molecule has 132 valence electrons. The van der Waals surface area contributed by atoms with E-state index in [0.29, 0.717) is 6.42 Å². The van der Waals surface area contributed by atoms with E-state index in [1.54, 1.807) is 7.11 Å². The first kappa shape index (κ1) is 17.3. The summed E-state index contributed by atoms with van der Waals surface area (Å²) < 4.78 is 5.45. The van der Waals surface area contributed by atoms with Crippen molar-refractivity contribution in [3.05, 3.63) is 59.2 Å². The minimum atomic E-state index is 0.211. The van der Waals surface area contributed by atoms with Gasteiger partial charge in [0.25, 0.3) is 0 Å². The fourth-order valence-electron chi connectivity index (χ4n) is 3.29. The first-order chi connectivity index (χ1) is 12.1. The summed E-state index contributed by atoms with van der Waals surface area (Å²) in [7, 11) is 1.70. The lowest BCUT2D eigenvalue weighted by atomic mass is 10.0. The Balaban J connectivity index is 1.60. The van der Waals surface area contributed by atoms with E-state index in [4.69, 9.17) is 4.74 Å². The van der Waals surface area contributed by atoms with Gasteiger partial charge in [0, 0.05) is 26.2 Å². The third-order valence-corrected chi connectivity index (χ3v) is 4.98. The Labute approximate surface area is 150 Å². The van der Waals surface area contributed by atoms with Crippen molar-refractivity contribution in [3.8, 4) is 5.75 Å². The number of carbonyl (C=O) groups excluding carboxylic acids is 1. The molecule has 1 aliphatic rings. The van der Waals surface area contributed by atoms with Gasteiger partial charge in [0.2, 0.25) is 5.91 Å². The van der Waals surface area contributed by atoms with Gasteiger partial charge < -0.3 is 14.5 Å². The average Bonchev–Trinajstić information content (AvgIpc) is 2.65. The second-order valence-corrected chi connectivity index (χ2v) is 6.64. The van der Waals surface area contributed by atoms with Crippen molar-refractivity contribution in [2.24, 2.45) is 0 Å². The number of para-hydroxylation sites is 2. The number of methoxy groups -OCH3 is 1. The van der Waals surface area contributed by atoms with Gasteiger partial charge in [-0.3, -0.25) is 4.79 Å². The van der Waals surface area contributed by atoms with Gasteiger partial charge in [0.1, 0.15) is 5.75 Å². The van der Waals surface area contributed by atoms with Gasteiger partial charge in [-0.05, 0) is 42.7 Å². The number of rotatable bonds is 4. The molecule has 1 amide bonds. The molecule has 0 spiro atoms. The summed E-state index contributed by atoms with van der Waals surface area (Å²) >= 11 is 0. The molecule has 0 radical (unpaired) electrons. The number of benzene rings is 2. The Hall–Kier alpha value is -2.49. The van der Waals surface area contributed by atoms with Crippen LogP contribution in [0.4, 0.5) is 5.69 Å². The van der Waals surface area contributed by atoms with E-state index < -0.39 is 0 Å². The summed E-state index contributed by atoms with van der Waals surface area (Å²) in [5.41, 5.74) is 4.71. The van der Waals surface area contributed by atoms with Crippen LogP contribution >= 0.6 is 0 Å². The van der Waals surface area contributed by atoms with E-state index in [2.05, 4.69) is 43.0 Å². The van der Waals surface area contributed by atoms with E-state index in [9.17, 15) is 4.79 Å². The minimum Gasteiger partial charge on any atom is -0.495 e. The molecule has 2 aromatic carbocycles. The van der Waals surface area contributed by atoms with Crippen molar-refractivity contribution >= 4 is 11.6 Å². The zero-order valence-corrected chi connectivity index (χ0v) is 15.3. The van der Waals surface area contributed by atoms with Gasteiger partial charge >= 0.3 is 0 Å².